The maximum absolute atomic E-state index is 12.4. The van der Waals surface area contributed by atoms with Crippen LogP contribution in [0.5, 0.6) is 0 Å². The number of aromatic nitrogens is 1. The lowest BCUT2D eigenvalue weighted by atomic mass is 9.94. The Kier molecular flexibility index (Phi) is 5.14. The first kappa shape index (κ1) is 17.2. The fraction of sp³-hybridized carbons (Fsp3) is 0.211. The summed E-state index contributed by atoms with van der Waals surface area (Å²) in [6, 6.07) is 12.4. The molecule has 1 aliphatic rings. The number of amidine groups is 1. The second kappa shape index (κ2) is 7.49. The molecule has 1 N–H and O–H groups in total. The number of carbonyl (C=O) groups excluding carboxylic acids is 1. The second-order valence-corrected chi connectivity index (χ2v) is 5.89. The number of pyridine rings is 1. The van der Waals surface area contributed by atoms with Gasteiger partial charge in [-0.05, 0) is 24.6 Å². The minimum Gasteiger partial charge on any atom is -0.466 e. The molecule has 0 saturated carbocycles. The van der Waals surface area contributed by atoms with Gasteiger partial charge in [0, 0.05) is 22.5 Å². The van der Waals surface area contributed by atoms with Gasteiger partial charge in [0.05, 0.1) is 12.7 Å². The summed E-state index contributed by atoms with van der Waals surface area (Å²) in [7, 11) is 1.37. The van der Waals surface area contributed by atoms with E-state index in [1.54, 1.807) is 12.3 Å². The van der Waals surface area contributed by atoms with Crippen molar-refractivity contribution in [3.05, 3.63) is 76.2 Å². The molecular weight excluding hydrogens is 338 g/mol. The van der Waals surface area contributed by atoms with Crippen molar-refractivity contribution < 1.29 is 9.53 Å². The molecule has 1 aliphatic heterocycles. The molecule has 0 radical (unpaired) electrons. The Morgan fingerprint density at radius 2 is 2.00 bits per heavy atom. The molecule has 0 fully saturated rings. The second-order valence-electron chi connectivity index (χ2n) is 5.48. The summed E-state index contributed by atoms with van der Waals surface area (Å²) >= 11 is 6.38. The molecule has 2 aromatic rings. The number of aliphatic imine (C=N–C) groups is 1. The van der Waals surface area contributed by atoms with Crippen LogP contribution in [-0.4, -0.2) is 23.9 Å². The number of nitrogens with zero attached hydrogens (tertiary/aromatic N) is 2. The van der Waals surface area contributed by atoms with Crippen LogP contribution >= 0.6 is 11.6 Å². The molecule has 3 rings (SSSR count). The Balaban J connectivity index is 2.17. The van der Waals surface area contributed by atoms with Gasteiger partial charge < -0.3 is 10.1 Å². The van der Waals surface area contributed by atoms with Crippen LogP contribution in [0.4, 0.5) is 0 Å². The zero-order valence-electron chi connectivity index (χ0n) is 14.0. The van der Waals surface area contributed by atoms with Crippen LogP contribution in [-0.2, 0) is 9.53 Å². The summed E-state index contributed by atoms with van der Waals surface area (Å²) in [6.45, 7) is 1.97. The standard InChI is InChI=1S/C19H18ClN3O2/c1-3-14-16(19(24)25-2)17(12-8-4-5-9-13(12)20)23-18(22-14)15-10-6-7-11-21-15/h4-11,17H,3H2,1-2H3,(H,22,23). The predicted molar refractivity (Wildman–Crippen MR) is 97.4 cm³/mol. The molecule has 1 unspecified atom stereocenters. The molecule has 1 aromatic carbocycles. The molecule has 0 aliphatic carbocycles. The molecule has 1 aromatic heterocycles. The third-order valence-electron chi connectivity index (χ3n) is 3.99. The third kappa shape index (κ3) is 3.42. The van der Waals surface area contributed by atoms with E-state index in [1.165, 1.54) is 7.11 Å². The first-order valence-electron chi connectivity index (χ1n) is 7.97. The number of hydrogen-bond acceptors (Lipinski definition) is 5. The number of nitrogens with one attached hydrogen (secondary N) is 1. The largest absolute Gasteiger partial charge is 0.466 e. The first-order chi connectivity index (χ1) is 12.2. The lowest BCUT2D eigenvalue weighted by Gasteiger charge is -2.27. The number of esters is 1. The van der Waals surface area contributed by atoms with Gasteiger partial charge in [-0.3, -0.25) is 9.98 Å². The van der Waals surface area contributed by atoms with Crippen LogP contribution < -0.4 is 5.32 Å². The van der Waals surface area contributed by atoms with E-state index in [0.29, 0.717) is 28.5 Å². The maximum atomic E-state index is 12.4. The Morgan fingerprint density at radius 1 is 1.24 bits per heavy atom. The van der Waals surface area contributed by atoms with Crippen molar-refractivity contribution in [3.8, 4) is 0 Å². The van der Waals surface area contributed by atoms with E-state index in [0.717, 1.165) is 11.3 Å². The third-order valence-corrected chi connectivity index (χ3v) is 4.34. The molecule has 0 amide bonds. The number of rotatable bonds is 4. The van der Waals surface area contributed by atoms with E-state index in [4.69, 9.17) is 21.3 Å². The van der Waals surface area contributed by atoms with Crippen LogP contribution in [0.25, 0.3) is 0 Å². The number of allylic oxidation sites excluding steroid dienone is 1. The van der Waals surface area contributed by atoms with E-state index < -0.39 is 12.0 Å². The highest BCUT2D eigenvalue weighted by Gasteiger charge is 2.32. The Bertz CT molecular complexity index is 847. The zero-order valence-corrected chi connectivity index (χ0v) is 14.7. The summed E-state index contributed by atoms with van der Waals surface area (Å²) < 4.78 is 4.99. The molecule has 0 bridgehead atoms. The van der Waals surface area contributed by atoms with Crippen molar-refractivity contribution >= 4 is 23.4 Å². The number of hydrogen-bond donors (Lipinski definition) is 1. The molecular formula is C19H18ClN3O2. The highest BCUT2D eigenvalue weighted by atomic mass is 35.5. The van der Waals surface area contributed by atoms with E-state index in [-0.39, 0.29) is 0 Å². The highest BCUT2D eigenvalue weighted by molar-refractivity contribution is 6.31. The minimum absolute atomic E-state index is 0.418. The molecule has 2 heterocycles. The van der Waals surface area contributed by atoms with E-state index in [9.17, 15) is 4.79 Å². The van der Waals surface area contributed by atoms with Crippen molar-refractivity contribution in [1.82, 2.24) is 10.3 Å². The van der Waals surface area contributed by atoms with Crippen molar-refractivity contribution in [2.24, 2.45) is 4.99 Å². The van der Waals surface area contributed by atoms with Gasteiger partial charge in [-0.1, -0.05) is 42.8 Å². The first-order valence-corrected chi connectivity index (χ1v) is 8.35. The monoisotopic (exact) mass is 355 g/mol. The molecule has 0 saturated heterocycles. The lowest BCUT2D eigenvalue weighted by Crippen LogP contribution is -2.34. The summed E-state index contributed by atoms with van der Waals surface area (Å²) in [5, 5.41) is 3.78. The van der Waals surface area contributed by atoms with Gasteiger partial charge in [-0.2, -0.15) is 0 Å². The summed E-state index contributed by atoms with van der Waals surface area (Å²) in [5.74, 6) is 0.188. The van der Waals surface area contributed by atoms with Crippen LogP contribution in [0, 0.1) is 0 Å². The number of ether oxygens (including phenoxy) is 1. The smallest absolute Gasteiger partial charge is 0.338 e. The van der Waals surface area contributed by atoms with Gasteiger partial charge in [0.2, 0.25) is 0 Å². The average molecular weight is 356 g/mol. The quantitative estimate of drug-likeness (QED) is 0.850. The number of halogens is 1. The predicted octanol–water partition coefficient (Wildman–Crippen LogP) is 3.66. The van der Waals surface area contributed by atoms with Crippen molar-refractivity contribution in [3.63, 3.8) is 0 Å². The van der Waals surface area contributed by atoms with Crippen LogP contribution in [0.15, 0.2) is 64.9 Å². The van der Waals surface area contributed by atoms with Gasteiger partial charge in [0.25, 0.3) is 0 Å². The molecule has 1 atom stereocenters. The van der Waals surface area contributed by atoms with Gasteiger partial charge in [-0.15, -0.1) is 0 Å². The average Bonchev–Trinajstić information content (AvgIpc) is 2.67. The highest BCUT2D eigenvalue weighted by Crippen LogP contribution is 2.36. The fourth-order valence-electron chi connectivity index (χ4n) is 2.78. The Hall–Kier alpha value is -2.66. The summed E-state index contributed by atoms with van der Waals surface area (Å²) in [6.07, 6.45) is 2.33. The summed E-state index contributed by atoms with van der Waals surface area (Å²) in [5.41, 5.74) is 2.69. The van der Waals surface area contributed by atoms with Gasteiger partial charge in [0.15, 0.2) is 5.84 Å². The number of benzene rings is 1. The van der Waals surface area contributed by atoms with E-state index in [1.807, 2.05) is 43.3 Å². The minimum atomic E-state index is -0.547. The van der Waals surface area contributed by atoms with Crippen LogP contribution in [0.3, 0.4) is 0 Å². The maximum Gasteiger partial charge on any atom is 0.338 e. The Labute approximate surface area is 151 Å². The zero-order chi connectivity index (χ0) is 17.8. The molecule has 5 nitrogen and oxygen atoms in total. The lowest BCUT2D eigenvalue weighted by molar-refractivity contribution is -0.136. The van der Waals surface area contributed by atoms with Crippen molar-refractivity contribution in [1.29, 1.82) is 0 Å². The SMILES string of the molecule is CCC1=C(C(=O)OC)C(c2ccccc2Cl)N=C(c2ccccn2)N1. The van der Waals surface area contributed by atoms with E-state index >= 15 is 0 Å². The van der Waals surface area contributed by atoms with Crippen molar-refractivity contribution in [2.45, 2.75) is 19.4 Å². The number of methoxy groups -OCH3 is 1. The van der Waals surface area contributed by atoms with E-state index in [2.05, 4.69) is 10.3 Å². The number of carbonyl (C=O) groups is 1. The van der Waals surface area contributed by atoms with Gasteiger partial charge >= 0.3 is 5.97 Å². The van der Waals surface area contributed by atoms with Gasteiger partial charge in [0.1, 0.15) is 11.7 Å². The normalized spacial score (nSPS) is 16.9. The van der Waals surface area contributed by atoms with Gasteiger partial charge in [-0.25, -0.2) is 4.79 Å². The van der Waals surface area contributed by atoms with Crippen LogP contribution in [0.2, 0.25) is 5.02 Å². The fourth-order valence-corrected chi connectivity index (χ4v) is 3.02. The Morgan fingerprint density at radius 3 is 2.64 bits per heavy atom. The molecule has 128 valence electrons. The molecule has 0 spiro atoms. The van der Waals surface area contributed by atoms with Crippen LogP contribution in [0.1, 0.15) is 30.6 Å². The molecule has 25 heavy (non-hydrogen) atoms. The summed E-state index contributed by atoms with van der Waals surface area (Å²) in [4.78, 5) is 21.5. The topological polar surface area (TPSA) is 63.6 Å². The molecule has 6 heteroatoms. The van der Waals surface area contributed by atoms with Crippen molar-refractivity contribution in [2.75, 3.05) is 7.11 Å².